The van der Waals surface area contributed by atoms with E-state index in [-0.39, 0.29) is 0 Å². The van der Waals surface area contributed by atoms with Crippen LogP contribution in [0.3, 0.4) is 0 Å². The largest absolute Gasteiger partial charge is 0.0788 e. The van der Waals surface area contributed by atoms with E-state index in [9.17, 15) is 0 Å². The van der Waals surface area contributed by atoms with E-state index in [0.717, 1.165) is 12.0 Å². The first-order valence-corrected chi connectivity index (χ1v) is 5.04. The molecule has 1 unspecified atom stereocenters. The predicted molar refractivity (Wildman–Crippen MR) is 61.2 cm³/mol. The fraction of sp³-hybridized carbons (Fsp3) is 0.538. The number of unbranched alkanes of at least 4 members (excludes halogenated alkanes) is 1. The molecule has 0 aliphatic rings. The molecule has 0 heterocycles. The summed E-state index contributed by atoms with van der Waals surface area (Å²) in [7, 11) is 0. The van der Waals surface area contributed by atoms with Crippen LogP contribution in [0.5, 0.6) is 0 Å². The summed E-state index contributed by atoms with van der Waals surface area (Å²) in [5.41, 5.74) is 2.45. The zero-order valence-corrected chi connectivity index (χ0v) is 9.27. The molecule has 0 aliphatic heterocycles. The van der Waals surface area contributed by atoms with Gasteiger partial charge < -0.3 is 0 Å². The van der Waals surface area contributed by atoms with Gasteiger partial charge in [0.15, 0.2) is 0 Å². The molecule has 13 heavy (non-hydrogen) atoms. The molecule has 0 aromatic carbocycles. The smallest absolute Gasteiger partial charge is 0.0256 e. The van der Waals surface area contributed by atoms with E-state index in [2.05, 4.69) is 39.8 Å². The minimum Gasteiger partial charge on any atom is -0.0788 e. The Morgan fingerprint density at radius 1 is 1.38 bits per heavy atom. The fourth-order valence-corrected chi connectivity index (χ4v) is 1.44. The van der Waals surface area contributed by atoms with Crippen molar-refractivity contribution < 1.29 is 0 Å². The zero-order chi connectivity index (χ0) is 10.3. The van der Waals surface area contributed by atoms with Gasteiger partial charge in [0.1, 0.15) is 0 Å². The number of rotatable bonds is 5. The van der Waals surface area contributed by atoms with Gasteiger partial charge in [0, 0.05) is 0 Å². The SMILES string of the molecule is [CH2]CCCC(C)/C=C(C)/C=C(/[CH2])C. The lowest BCUT2D eigenvalue weighted by molar-refractivity contribution is 0.609. The van der Waals surface area contributed by atoms with Gasteiger partial charge in [-0.05, 0) is 33.1 Å². The lowest BCUT2D eigenvalue weighted by Crippen LogP contribution is -1.90. The van der Waals surface area contributed by atoms with E-state index in [1.54, 1.807) is 0 Å². The molecule has 0 rings (SSSR count). The Morgan fingerprint density at radius 3 is 2.46 bits per heavy atom. The molecule has 0 saturated carbocycles. The maximum absolute atomic E-state index is 3.86. The molecule has 0 aromatic heterocycles. The van der Waals surface area contributed by atoms with Gasteiger partial charge in [-0.15, -0.1) is 0 Å². The second-order valence-corrected chi connectivity index (χ2v) is 3.87. The van der Waals surface area contributed by atoms with Crippen LogP contribution >= 0.6 is 0 Å². The Balaban J connectivity index is 3.98. The van der Waals surface area contributed by atoms with Crippen LogP contribution in [0.4, 0.5) is 0 Å². The molecule has 0 bridgehead atoms. The molecule has 1 atom stereocenters. The Bertz CT molecular complexity index is 180. The predicted octanol–water partition coefficient (Wildman–Crippen LogP) is 4.35. The highest BCUT2D eigenvalue weighted by Gasteiger charge is 1.96. The molecule has 0 aromatic rings. The highest BCUT2D eigenvalue weighted by molar-refractivity contribution is 5.22. The average molecular weight is 178 g/mol. The Kier molecular flexibility index (Phi) is 6.66. The Morgan fingerprint density at radius 2 is 2.00 bits per heavy atom. The third kappa shape index (κ3) is 7.83. The van der Waals surface area contributed by atoms with Crippen LogP contribution in [0.25, 0.3) is 0 Å². The third-order valence-electron chi connectivity index (χ3n) is 1.93. The van der Waals surface area contributed by atoms with Crippen molar-refractivity contribution in [3.8, 4) is 0 Å². The molecule has 0 amide bonds. The van der Waals surface area contributed by atoms with Gasteiger partial charge in [0.05, 0.1) is 0 Å². The second-order valence-electron chi connectivity index (χ2n) is 3.87. The van der Waals surface area contributed by atoms with Gasteiger partial charge in [-0.1, -0.05) is 50.0 Å². The van der Waals surface area contributed by atoms with Crippen molar-refractivity contribution in [3.05, 3.63) is 37.1 Å². The third-order valence-corrected chi connectivity index (χ3v) is 1.93. The monoisotopic (exact) mass is 178 g/mol. The fourth-order valence-electron chi connectivity index (χ4n) is 1.44. The van der Waals surface area contributed by atoms with E-state index in [1.807, 2.05) is 6.92 Å². The first-order chi connectivity index (χ1) is 6.06. The molecule has 0 nitrogen and oxygen atoms in total. The van der Waals surface area contributed by atoms with Crippen LogP contribution in [0.15, 0.2) is 23.3 Å². The molecule has 0 fully saturated rings. The van der Waals surface area contributed by atoms with Crippen molar-refractivity contribution in [2.75, 3.05) is 0 Å². The molecule has 0 heteroatoms. The maximum atomic E-state index is 3.86. The van der Waals surface area contributed by atoms with Gasteiger partial charge in [-0.2, -0.15) is 0 Å². The van der Waals surface area contributed by atoms with Gasteiger partial charge >= 0.3 is 0 Å². The van der Waals surface area contributed by atoms with Crippen LogP contribution in [-0.2, 0) is 0 Å². The van der Waals surface area contributed by atoms with E-state index in [0.29, 0.717) is 5.92 Å². The van der Waals surface area contributed by atoms with E-state index in [4.69, 9.17) is 0 Å². The minimum absolute atomic E-state index is 0.664. The van der Waals surface area contributed by atoms with Crippen molar-refractivity contribution in [2.24, 2.45) is 5.92 Å². The van der Waals surface area contributed by atoms with Crippen LogP contribution in [0.1, 0.15) is 40.0 Å². The summed E-state index contributed by atoms with van der Waals surface area (Å²) in [6.45, 7) is 14.1. The van der Waals surface area contributed by atoms with Crippen LogP contribution < -0.4 is 0 Å². The van der Waals surface area contributed by atoms with Crippen molar-refractivity contribution in [2.45, 2.75) is 40.0 Å². The quantitative estimate of drug-likeness (QED) is 0.549. The summed E-state index contributed by atoms with van der Waals surface area (Å²) in [5.74, 6) is 0.664. The Hall–Kier alpha value is -0.520. The first kappa shape index (κ1) is 12.5. The van der Waals surface area contributed by atoms with E-state index in [1.165, 1.54) is 18.4 Å². The van der Waals surface area contributed by atoms with E-state index >= 15 is 0 Å². The highest BCUT2D eigenvalue weighted by Crippen LogP contribution is 2.12. The summed E-state index contributed by atoms with van der Waals surface area (Å²) in [4.78, 5) is 0. The van der Waals surface area contributed by atoms with Crippen molar-refractivity contribution in [3.63, 3.8) is 0 Å². The molecule has 0 aliphatic carbocycles. The van der Waals surface area contributed by atoms with Crippen molar-refractivity contribution in [1.29, 1.82) is 0 Å². The van der Waals surface area contributed by atoms with Crippen LogP contribution in [0, 0.1) is 19.8 Å². The molecule has 0 spiro atoms. The van der Waals surface area contributed by atoms with E-state index < -0.39 is 0 Å². The molecular formula is C13H22. The summed E-state index contributed by atoms with van der Waals surface area (Å²) in [5, 5.41) is 0. The van der Waals surface area contributed by atoms with Crippen molar-refractivity contribution >= 4 is 0 Å². The average Bonchev–Trinajstić information content (AvgIpc) is 1.98. The number of allylic oxidation sites excluding steroid dienone is 4. The zero-order valence-electron chi connectivity index (χ0n) is 9.27. The molecule has 2 radical (unpaired) electrons. The van der Waals surface area contributed by atoms with Crippen LogP contribution in [-0.4, -0.2) is 0 Å². The normalized spacial score (nSPS) is 16.1. The summed E-state index contributed by atoms with van der Waals surface area (Å²) < 4.78 is 0. The molecule has 0 N–H and O–H groups in total. The molecule has 0 saturated heterocycles. The summed E-state index contributed by atoms with van der Waals surface area (Å²) >= 11 is 0. The second kappa shape index (κ2) is 6.94. The number of hydrogen-bond acceptors (Lipinski definition) is 0. The van der Waals surface area contributed by atoms with Gasteiger partial charge in [0.25, 0.3) is 0 Å². The summed E-state index contributed by atoms with van der Waals surface area (Å²) in [6, 6.07) is 0. The summed E-state index contributed by atoms with van der Waals surface area (Å²) in [6.07, 6.45) is 7.94. The lowest BCUT2D eigenvalue weighted by atomic mass is 10.0. The lowest BCUT2D eigenvalue weighted by Gasteiger charge is -2.05. The van der Waals surface area contributed by atoms with Gasteiger partial charge in [-0.3, -0.25) is 0 Å². The highest BCUT2D eigenvalue weighted by atomic mass is 14.0. The van der Waals surface area contributed by atoms with Gasteiger partial charge in [-0.25, -0.2) is 0 Å². The van der Waals surface area contributed by atoms with Gasteiger partial charge in [0.2, 0.25) is 0 Å². The Labute approximate surface area is 83.7 Å². The maximum Gasteiger partial charge on any atom is -0.0256 e. The van der Waals surface area contributed by atoms with Crippen molar-refractivity contribution in [1.82, 2.24) is 0 Å². The molecule has 74 valence electrons. The number of hydrogen-bond donors (Lipinski definition) is 0. The first-order valence-electron chi connectivity index (χ1n) is 5.04. The topological polar surface area (TPSA) is 0 Å². The van der Waals surface area contributed by atoms with Crippen LogP contribution in [0.2, 0.25) is 0 Å². The standard InChI is InChI=1S/C13H22/c1-6-7-8-12(4)10-13(5)9-11(2)3/h9-10,12H,1-2,6-8H2,3-5H3/b11-9-,13-10+. The molecular weight excluding hydrogens is 156 g/mol. The minimum atomic E-state index is 0.664.